The highest BCUT2D eigenvalue weighted by Crippen LogP contribution is 2.30. The maximum Gasteiger partial charge on any atom is 0.339 e. The summed E-state index contributed by atoms with van der Waals surface area (Å²) in [5.74, 6) is -3.75. The van der Waals surface area contributed by atoms with E-state index >= 15 is 0 Å². The molecule has 22 heavy (non-hydrogen) atoms. The number of hydrogen-bond donors (Lipinski definition) is 3. The summed E-state index contributed by atoms with van der Waals surface area (Å²) in [5, 5.41) is 19.0. The highest BCUT2D eigenvalue weighted by molar-refractivity contribution is 5.94. The molecular formula is C15H10F2N2O3. The Morgan fingerprint density at radius 1 is 1.14 bits per heavy atom. The van der Waals surface area contributed by atoms with E-state index in [4.69, 9.17) is 10.8 Å². The van der Waals surface area contributed by atoms with Crippen LogP contribution in [0.3, 0.4) is 0 Å². The smallest absolute Gasteiger partial charge is 0.339 e. The number of benzene rings is 2. The Morgan fingerprint density at radius 3 is 2.45 bits per heavy atom. The van der Waals surface area contributed by atoms with Gasteiger partial charge in [-0.2, -0.15) is 0 Å². The number of fused-ring (bicyclic) bond motifs is 1. The molecule has 0 atom stereocenters. The number of carboxylic acids is 1. The molecule has 5 nitrogen and oxygen atoms in total. The second kappa shape index (κ2) is 4.73. The van der Waals surface area contributed by atoms with Crippen molar-refractivity contribution in [2.24, 2.45) is 0 Å². The summed E-state index contributed by atoms with van der Waals surface area (Å²) >= 11 is 0. The third-order valence-electron chi connectivity index (χ3n) is 3.37. The first-order valence-electron chi connectivity index (χ1n) is 6.20. The number of nitrogens with two attached hydrogens (primary N) is 1. The highest BCUT2D eigenvalue weighted by Gasteiger charge is 2.15. The Labute approximate surface area is 122 Å². The van der Waals surface area contributed by atoms with Gasteiger partial charge in [-0.3, -0.25) is 0 Å². The monoisotopic (exact) mass is 304 g/mol. The van der Waals surface area contributed by atoms with Crippen LogP contribution in [0.15, 0.2) is 36.5 Å². The molecule has 0 spiro atoms. The molecule has 112 valence electrons. The normalized spacial score (nSPS) is 11.0. The van der Waals surface area contributed by atoms with Crippen LogP contribution in [0.25, 0.3) is 16.6 Å². The van der Waals surface area contributed by atoms with E-state index in [9.17, 15) is 18.7 Å². The maximum atomic E-state index is 13.4. The van der Waals surface area contributed by atoms with Crippen molar-refractivity contribution in [3.05, 3.63) is 53.7 Å². The minimum absolute atomic E-state index is 0.232. The standard InChI is InChI=1S/C15H10F2N2O3/c16-10-4-9-12(18)6-19(13(9)5-11(10)17)7-1-2-8(15(21)22)14(20)3-7/h1-6,20H,18H2,(H,21,22). The first kappa shape index (κ1) is 13.9. The number of halogens is 2. The van der Waals surface area contributed by atoms with Gasteiger partial charge in [0.2, 0.25) is 0 Å². The van der Waals surface area contributed by atoms with Crippen molar-refractivity contribution in [2.75, 3.05) is 5.73 Å². The van der Waals surface area contributed by atoms with E-state index in [1.807, 2.05) is 0 Å². The summed E-state index contributed by atoms with van der Waals surface area (Å²) in [7, 11) is 0. The van der Waals surface area contributed by atoms with Crippen LogP contribution in [0.1, 0.15) is 10.4 Å². The lowest BCUT2D eigenvalue weighted by molar-refractivity contribution is 0.0694. The minimum atomic E-state index is -1.27. The SMILES string of the molecule is Nc1cn(-c2ccc(C(=O)O)c(O)c2)c2cc(F)c(F)cc12. The van der Waals surface area contributed by atoms with E-state index in [0.717, 1.165) is 12.1 Å². The van der Waals surface area contributed by atoms with Crippen LogP contribution in [0, 0.1) is 11.6 Å². The number of nitrogens with zero attached hydrogens (tertiary/aromatic N) is 1. The molecular weight excluding hydrogens is 294 g/mol. The molecule has 3 rings (SSSR count). The zero-order chi connectivity index (χ0) is 16.0. The number of rotatable bonds is 2. The summed E-state index contributed by atoms with van der Waals surface area (Å²) in [4.78, 5) is 10.9. The first-order valence-corrected chi connectivity index (χ1v) is 6.20. The lowest BCUT2D eigenvalue weighted by Crippen LogP contribution is -1.99. The molecule has 0 amide bonds. The van der Waals surface area contributed by atoms with Gasteiger partial charge in [0.1, 0.15) is 11.3 Å². The van der Waals surface area contributed by atoms with Crippen LogP contribution in [0.2, 0.25) is 0 Å². The average molecular weight is 304 g/mol. The molecule has 0 bridgehead atoms. The molecule has 7 heteroatoms. The Hall–Kier alpha value is -3.09. The molecule has 0 aliphatic carbocycles. The number of aromatic hydroxyl groups is 1. The molecule has 0 saturated heterocycles. The number of phenols is 1. The summed E-state index contributed by atoms with van der Waals surface area (Å²) < 4.78 is 28.2. The quantitative estimate of drug-likeness (QED) is 0.679. The Kier molecular flexibility index (Phi) is 2.98. The zero-order valence-corrected chi connectivity index (χ0v) is 11.0. The maximum absolute atomic E-state index is 13.4. The van der Waals surface area contributed by atoms with E-state index in [-0.39, 0.29) is 11.3 Å². The summed E-state index contributed by atoms with van der Waals surface area (Å²) in [6.45, 7) is 0. The largest absolute Gasteiger partial charge is 0.507 e. The van der Waals surface area contributed by atoms with Crippen LogP contribution < -0.4 is 5.73 Å². The molecule has 3 aromatic rings. The molecule has 0 aliphatic rings. The summed E-state index contributed by atoms with van der Waals surface area (Å²) in [6.07, 6.45) is 1.44. The van der Waals surface area contributed by atoms with Crippen molar-refractivity contribution in [3.63, 3.8) is 0 Å². The van der Waals surface area contributed by atoms with E-state index in [1.54, 1.807) is 0 Å². The van der Waals surface area contributed by atoms with Crippen LogP contribution >= 0.6 is 0 Å². The number of aromatic carboxylic acids is 1. The molecule has 4 N–H and O–H groups in total. The molecule has 1 heterocycles. The summed E-state index contributed by atoms with van der Waals surface area (Å²) in [5.41, 5.74) is 6.43. The number of hydrogen-bond acceptors (Lipinski definition) is 3. The minimum Gasteiger partial charge on any atom is -0.507 e. The van der Waals surface area contributed by atoms with Crippen LogP contribution in [-0.4, -0.2) is 20.7 Å². The second-order valence-corrected chi connectivity index (χ2v) is 4.74. The number of carboxylic acid groups (broad SMARTS) is 1. The van der Waals surface area contributed by atoms with Crippen molar-refractivity contribution in [1.82, 2.24) is 4.57 Å². The van der Waals surface area contributed by atoms with Crippen molar-refractivity contribution in [3.8, 4) is 11.4 Å². The van der Waals surface area contributed by atoms with Crippen LogP contribution in [0.4, 0.5) is 14.5 Å². The van der Waals surface area contributed by atoms with Gasteiger partial charge >= 0.3 is 5.97 Å². The third kappa shape index (κ3) is 2.03. The Balaban J connectivity index is 2.24. The number of aromatic nitrogens is 1. The number of nitrogen functional groups attached to an aromatic ring is 1. The van der Waals surface area contributed by atoms with E-state index in [0.29, 0.717) is 16.6 Å². The van der Waals surface area contributed by atoms with Gasteiger partial charge in [0.05, 0.1) is 11.2 Å². The molecule has 0 aliphatic heterocycles. The molecule has 0 fully saturated rings. The van der Waals surface area contributed by atoms with Gasteiger partial charge in [-0.25, -0.2) is 13.6 Å². The van der Waals surface area contributed by atoms with Gasteiger partial charge in [-0.15, -0.1) is 0 Å². The van der Waals surface area contributed by atoms with Gasteiger partial charge in [-0.1, -0.05) is 0 Å². The predicted molar refractivity (Wildman–Crippen MR) is 76.2 cm³/mol. The second-order valence-electron chi connectivity index (χ2n) is 4.74. The Morgan fingerprint density at radius 2 is 1.82 bits per heavy atom. The van der Waals surface area contributed by atoms with Crippen molar-refractivity contribution < 1.29 is 23.8 Å². The molecule has 0 saturated carbocycles. The number of carbonyl (C=O) groups is 1. The predicted octanol–water partition coefficient (Wildman–Crippen LogP) is 2.89. The van der Waals surface area contributed by atoms with E-state index in [2.05, 4.69) is 0 Å². The number of anilines is 1. The molecule has 0 radical (unpaired) electrons. The fourth-order valence-corrected chi connectivity index (χ4v) is 2.31. The van der Waals surface area contributed by atoms with Crippen molar-refractivity contribution in [2.45, 2.75) is 0 Å². The highest BCUT2D eigenvalue weighted by atomic mass is 19.2. The Bertz CT molecular complexity index is 919. The topological polar surface area (TPSA) is 88.5 Å². The molecule has 1 aromatic heterocycles. The summed E-state index contributed by atoms with van der Waals surface area (Å²) in [6, 6.07) is 5.84. The van der Waals surface area contributed by atoms with Crippen molar-refractivity contribution in [1.29, 1.82) is 0 Å². The first-order chi connectivity index (χ1) is 10.4. The zero-order valence-electron chi connectivity index (χ0n) is 11.0. The van der Waals surface area contributed by atoms with Gasteiger partial charge in [0.25, 0.3) is 0 Å². The molecule has 2 aromatic carbocycles. The lowest BCUT2D eigenvalue weighted by Gasteiger charge is -2.07. The van der Waals surface area contributed by atoms with Gasteiger partial charge in [-0.05, 0) is 18.2 Å². The lowest BCUT2D eigenvalue weighted by atomic mass is 10.1. The fraction of sp³-hybridized carbons (Fsp3) is 0. The van der Waals surface area contributed by atoms with Crippen LogP contribution in [-0.2, 0) is 0 Å². The fourth-order valence-electron chi connectivity index (χ4n) is 2.31. The molecule has 0 unspecified atom stereocenters. The average Bonchev–Trinajstić information content (AvgIpc) is 2.76. The van der Waals surface area contributed by atoms with Crippen LogP contribution in [0.5, 0.6) is 5.75 Å². The van der Waals surface area contributed by atoms with Gasteiger partial charge in [0.15, 0.2) is 11.6 Å². The van der Waals surface area contributed by atoms with Crippen molar-refractivity contribution >= 4 is 22.6 Å². The van der Waals surface area contributed by atoms with Gasteiger partial charge in [0, 0.05) is 29.4 Å². The third-order valence-corrected chi connectivity index (χ3v) is 3.37. The van der Waals surface area contributed by atoms with Gasteiger partial charge < -0.3 is 20.5 Å². The van der Waals surface area contributed by atoms with E-state index in [1.165, 1.54) is 29.0 Å². The van der Waals surface area contributed by atoms with E-state index < -0.39 is 23.4 Å².